The third-order valence-corrected chi connectivity index (χ3v) is 3.71. The first kappa shape index (κ1) is 18.5. The van der Waals surface area contributed by atoms with Crippen LogP contribution in [0.5, 0.6) is 0 Å². The number of nitrogens with zero attached hydrogens (tertiary/aromatic N) is 1. The highest BCUT2D eigenvalue weighted by molar-refractivity contribution is 7.98. The minimum Gasteiger partial charge on any atom is -0.353 e. The first-order chi connectivity index (χ1) is 10.4. The van der Waals surface area contributed by atoms with Gasteiger partial charge in [-0.2, -0.15) is 0 Å². The van der Waals surface area contributed by atoms with Crippen molar-refractivity contribution >= 4 is 29.3 Å². The van der Waals surface area contributed by atoms with E-state index >= 15 is 0 Å². The summed E-state index contributed by atoms with van der Waals surface area (Å²) < 4.78 is 0. The van der Waals surface area contributed by atoms with Crippen molar-refractivity contribution in [3.8, 4) is 0 Å². The molecule has 6 heteroatoms. The Kier molecular flexibility index (Phi) is 7.98. The van der Waals surface area contributed by atoms with Gasteiger partial charge in [-0.3, -0.25) is 14.5 Å². The number of carbonyl (C=O) groups excluding carboxylic acids is 2. The van der Waals surface area contributed by atoms with Gasteiger partial charge in [0.15, 0.2) is 0 Å². The van der Waals surface area contributed by atoms with E-state index in [2.05, 4.69) is 10.6 Å². The van der Waals surface area contributed by atoms with Gasteiger partial charge in [-0.15, -0.1) is 11.8 Å². The normalized spacial score (nSPS) is 10.8. The molecular weight excluding hydrogens is 298 g/mol. The van der Waals surface area contributed by atoms with Crippen molar-refractivity contribution in [1.82, 2.24) is 10.2 Å². The number of rotatable bonds is 8. The average molecular weight is 323 g/mol. The topological polar surface area (TPSA) is 61.4 Å². The Morgan fingerprint density at radius 2 is 1.91 bits per heavy atom. The summed E-state index contributed by atoms with van der Waals surface area (Å²) in [6, 6.07) is 7.81. The minimum atomic E-state index is -0.113. The van der Waals surface area contributed by atoms with Crippen LogP contribution in [0.15, 0.2) is 29.2 Å². The molecule has 22 heavy (non-hydrogen) atoms. The van der Waals surface area contributed by atoms with Gasteiger partial charge in [-0.25, -0.2) is 0 Å². The molecule has 0 unspecified atom stereocenters. The van der Waals surface area contributed by atoms with Gasteiger partial charge in [0, 0.05) is 16.6 Å². The lowest BCUT2D eigenvalue weighted by Gasteiger charge is -2.20. The second-order valence-electron chi connectivity index (χ2n) is 5.31. The molecule has 0 bridgehead atoms. The Bertz CT molecular complexity index is 506. The number of benzene rings is 1. The van der Waals surface area contributed by atoms with Crippen LogP contribution in [0.25, 0.3) is 0 Å². The summed E-state index contributed by atoms with van der Waals surface area (Å²) in [5, 5.41) is 5.70. The van der Waals surface area contributed by atoms with Gasteiger partial charge in [0.25, 0.3) is 0 Å². The molecule has 0 saturated carbocycles. The number of likely N-dealkylation sites (N-methyl/N-ethyl adjacent to an activating group) is 1. The lowest BCUT2D eigenvalue weighted by molar-refractivity contribution is -0.123. The number of anilines is 1. The van der Waals surface area contributed by atoms with Crippen molar-refractivity contribution in [3.63, 3.8) is 0 Å². The van der Waals surface area contributed by atoms with E-state index in [0.717, 1.165) is 10.6 Å². The van der Waals surface area contributed by atoms with E-state index in [1.807, 2.05) is 56.2 Å². The number of thioether (sulfide) groups is 1. The highest BCUT2D eigenvalue weighted by Crippen LogP contribution is 2.18. The molecule has 2 amide bonds. The van der Waals surface area contributed by atoms with Crippen LogP contribution >= 0.6 is 11.8 Å². The summed E-state index contributed by atoms with van der Waals surface area (Å²) in [7, 11) is 0. The lowest BCUT2D eigenvalue weighted by Crippen LogP contribution is -2.42. The largest absolute Gasteiger partial charge is 0.353 e. The van der Waals surface area contributed by atoms with Gasteiger partial charge in [0.2, 0.25) is 11.8 Å². The van der Waals surface area contributed by atoms with Crippen molar-refractivity contribution in [2.45, 2.75) is 31.7 Å². The molecule has 1 aromatic rings. The zero-order valence-corrected chi connectivity index (χ0v) is 14.5. The molecule has 122 valence electrons. The predicted octanol–water partition coefficient (Wildman–Crippen LogP) is 2.19. The molecule has 0 saturated heterocycles. The standard InChI is InChI=1S/C16H25N3O2S/c1-5-19(10-15(20)17-12(2)3)11-16(21)18-13-7-6-8-14(9-13)22-4/h6-9,12H,5,10-11H2,1-4H3,(H,17,20)(H,18,21). The second kappa shape index (κ2) is 9.48. The molecule has 0 fully saturated rings. The van der Waals surface area contributed by atoms with Crippen LogP contribution < -0.4 is 10.6 Å². The number of nitrogens with one attached hydrogen (secondary N) is 2. The van der Waals surface area contributed by atoms with Gasteiger partial charge in [-0.05, 0) is 44.8 Å². The SMILES string of the molecule is CCN(CC(=O)Nc1cccc(SC)c1)CC(=O)NC(C)C. The summed E-state index contributed by atoms with van der Waals surface area (Å²) >= 11 is 1.63. The van der Waals surface area contributed by atoms with E-state index in [-0.39, 0.29) is 30.9 Å². The molecule has 0 aliphatic carbocycles. The smallest absolute Gasteiger partial charge is 0.238 e. The Balaban J connectivity index is 2.52. The van der Waals surface area contributed by atoms with Gasteiger partial charge >= 0.3 is 0 Å². The summed E-state index contributed by atoms with van der Waals surface area (Å²) in [6.45, 7) is 6.84. The van der Waals surface area contributed by atoms with E-state index in [1.165, 1.54) is 0 Å². The van der Waals surface area contributed by atoms with Crippen molar-refractivity contribution in [3.05, 3.63) is 24.3 Å². The van der Waals surface area contributed by atoms with Crippen molar-refractivity contribution < 1.29 is 9.59 Å². The Labute approximate surface area is 136 Å². The van der Waals surface area contributed by atoms with Crippen LogP contribution in [0, 0.1) is 0 Å². The fourth-order valence-corrected chi connectivity index (χ4v) is 2.41. The van der Waals surface area contributed by atoms with Crippen molar-refractivity contribution in [2.24, 2.45) is 0 Å². The summed E-state index contributed by atoms with van der Waals surface area (Å²) in [6.07, 6.45) is 1.99. The van der Waals surface area contributed by atoms with E-state index in [4.69, 9.17) is 0 Å². The maximum atomic E-state index is 12.1. The van der Waals surface area contributed by atoms with Gasteiger partial charge in [-0.1, -0.05) is 13.0 Å². The van der Waals surface area contributed by atoms with Crippen molar-refractivity contribution in [2.75, 3.05) is 31.2 Å². The number of amides is 2. The third-order valence-electron chi connectivity index (χ3n) is 2.98. The lowest BCUT2D eigenvalue weighted by atomic mass is 10.3. The molecule has 0 spiro atoms. The van der Waals surface area contributed by atoms with Gasteiger partial charge in [0.05, 0.1) is 13.1 Å². The Morgan fingerprint density at radius 1 is 1.23 bits per heavy atom. The summed E-state index contributed by atoms with van der Waals surface area (Å²) in [5.41, 5.74) is 0.777. The number of hydrogen-bond donors (Lipinski definition) is 2. The molecule has 1 aromatic carbocycles. The first-order valence-corrected chi connectivity index (χ1v) is 8.62. The zero-order valence-electron chi connectivity index (χ0n) is 13.7. The molecule has 0 atom stereocenters. The van der Waals surface area contributed by atoms with Crippen LogP contribution in [0.4, 0.5) is 5.69 Å². The molecule has 5 nitrogen and oxygen atoms in total. The highest BCUT2D eigenvalue weighted by Gasteiger charge is 2.13. The fraction of sp³-hybridized carbons (Fsp3) is 0.500. The summed E-state index contributed by atoms with van der Waals surface area (Å²) in [5.74, 6) is -0.175. The molecule has 0 radical (unpaired) electrons. The fourth-order valence-electron chi connectivity index (χ4n) is 1.95. The van der Waals surface area contributed by atoms with Gasteiger partial charge < -0.3 is 10.6 Å². The van der Waals surface area contributed by atoms with Crippen LogP contribution in [0.2, 0.25) is 0 Å². The first-order valence-electron chi connectivity index (χ1n) is 7.40. The quantitative estimate of drug-likeness (QED) is 0.720. The molecule has 0 heterocycles. The van der Waals surface area contributed by atoms with Crippen LogP contribution in [0.3, 0.4) is 0 Å². The predicted molar refractivity (Wildman–Crippen MR) is 92.2 cm³/mol. The Morgan fingerprint density at radius 3 is 2.50 bits per heavy atom. The highest BCUT2D eigenvalue weighted by atomic mass is 32.2. The van der Waals surface area contributed by atoms with E-state index in [0.29, 0.717) is 6.54 Å². The second-order valence-corrected chi connectivity index (χ2v) is 6.19. The maximum absolute atomic E-state index is 12.1. The molecule has 0 aromatic heterocycles. The van der Waals surface area contributed by atoms with Gasteiger partial charge in [0.1, 0.15) is 0 Å². The maximum Gasteiger partial charge on any atom is 0.238 e. The number of carbonyl (C=O) groups is 2. The third kappa shape index (κ3) is 6.95. The monoisotopic (exact) mass is 323 g/mol. The minimum absolute atomic E-state index is 0.0611. The average Bonchev–Trinajstić information content (AvgIpc) is 2.45. The van der Waals surface area contributed by atoms with E-state index in [9.17, 15) is 9.59 Å². The summed E-state index contributed by atoms with van der Waals surface area (Å²) in [4.78, 5) is 26.8. The Hall–Kier alpha value is -1.53. The molecule has 0 aliphatic rings. The van der Waals surface area contributed by atoms with Crippen molar-refractivity contribution in [1.29, 1.82) is 0 Å². The van der Waals surface area contributed by atoms with E-state index < -0.39 is 0 Å². The molecule has 0 aliphatic heterocycles. The molecule has 1 rings (SSSR count). The van der Waals surface area contributed by atoms with Crippen LogP contribution in [0.1, 0.15) is 20.8 Å². The van der Waals surface area contributed by atoms with E-state index in [1.54, 1.807) is 11.8 Å². The molecular formula is C16H25N3O2S. The number of hydrogen-bond acceptors (Lipinski definition) is 4. The zero-order chi connectivity index (χ0) is 16.5. The van der Waals surface area contributed by atoms with Crippen LogP contribution in [-0.2, 0) is 9.59 Å². The molecule has 2 N–H and O–H groups in total. The van der Waals surface area contributed by atoms with Crippen LogP contribution in [-0.4, -0.2) is 48.6 Å².